The number of amides is 1. The van der Waals surface area contributed by atoms with Gasteiger partial charge in [0.1, 0.15) is 0 Å². The lowest BCUT2D eigenvalue weighted by Gasteiger charge is -2.36. The fraction of sp³-hybridized carbons (Fsp3) is 0.385. The van der Waals surface area contributed by atoms with E-state index in [0.29, 0.717) is 29.4 Å². The zero-order chi connectivity index (χ0) is 13.8. The van der Waals surface area contributed by atoms with Gasteiger partial charge in [-0.3, -0.25) is 4.79 Å². The van der Waals surface area contributed by atoms with Crippen LogP contribution in [0, 0.1) is 0 Å². The second-order valence-corrected chi connectivity index (χ2v) is 5.01. The zero-order valence-corrected chi connectivity index (χ0v) is 12.0. The molecule has 1 rings (SSSR count). The first-order valence-electron chi connectivity index (χ1n) is 5.68. The average molecular weight is 314 g/mol. The number of halogens is 1. The number of nitrogens with zero attached hydrogens (tertiary/aromatic N) is 1. The van der Waals surface area contributed by atoms with Crippen molar-refractivity contribution in [2.45, 2.75) is 25.8 Å². The first-order chi connectivity index (χ1) is 8.48. The smallest absolute Gasteiger partial charge is 0.334 e. The molecule has 0 aliphatic heterocycles. The number of carboxylic acid groups (broad SMARTS) is 1. The van der Waals surface area contributed by atoms with Crippen LogP contribution in [0.15, 0.2) is 28.7 Å². The summed E-state index contributed by atoms with van der Waals surface area (Å²) in [6.07, 6.45) is 1.29. The fourth-order valence-electron chi connectivity index (χ4n) is 1.87. The summed E-state index contributed by atoms with van der Waals surface area (Å²) in [4.78, 5) is 24.1. The Morgan fingerprint density at radius 1 is 1.50 bits per heavy atom. The van der Waals surface area contributed by atoms with E-state index in [0.717, 1.165) is 0 Å². The maximum absolute atomic E-state index is 11.6. The summed E-state index contributed by atoms with van der Waals surface area (Å²) < 4.78 is 0.679. The number of carbonyl (C=O) groups excluding carboxylic acids is 1. The number of hydrogen-bond acceptors (Lipinski definition) is 2. The van der Waals surface area contributed by atoms with Gasteiger partial charge in [-0.25, -0.2) is 4.79 Å². The largest absolute Gasteiger partial charge is 0.479 e. The Bertz CT molecular complexity index is 450. The number of benzene rings is 1. The van der Waals surface area contributed by atoms with Crippen LogP contribution in [0.3, 0.4) is 0 Å². The highest BCUT2D eigenvalue weighted by Crippen LogP contribution is 2.33. The fourth-order valence-corrected chi connectivity index (χ4v) is 2.54. The maximum Gasteiger partial charge on any atom is 0.334 e. The van der Waals surface area contributed by atoms with Crippen molar-refractivity contribution >= 4 is 28.3 Å². The maximum atomic E-state index is 11.6. The summed E-state index contributed by atoms with van der Waals surface area (Å²) in [5.74, 6) is -1.05. The van der Waals surface area contributed by atoms with Crippen LogP contribution in [0.2, 0.25) is 0 Å². The van der Waals surface area contributed by atoms with E-state index in [1.807, 2.05) is 6.92 Å². The Morgan fingerprint density at radius 3 is 2.56 bits per heavy atom. The molecule has 0 fully saturated rings. The summed E-state index contributed by atoms with van der Waals surface area (Å²) in [5.41, 5.74) is -0.796. The van der Waals surface area contributed by atoms with Crippen LogP contribution >= 0.6 is 15.9 Å². The van der Waals surface area contributed by atoms with Crippen molar-refractivity contribution in [3.8, 4) is 0 Å². The minimum atomic E-state index is -1.36. The van der Waals surface area contributed by atoms with Crippen molar-refractivity contribution < 1.29 is 14.7 Å². The number of carboxylic acids is 1. The molecule has 0 saturated heterocycles. The summed E-state index contributed by atoms with van der Waals surface area (Å²) in [5, 5.41) is 9.52. The molecule has 1 atom stereocenters. The summed E-state index contributed by atoms with van der Waals surface area (Å²) >= 11 is 3.34. The quantitative estimate of drug-likeness (QED) is 0.821. The van der Waals surface area contributed by atoms with Crippen LogP contribution in [0.4, 0.5) is 0 Å². The van der Waals surface area contributed by atoms with Crippen molar-refractivity contribution in [3.63, 3.8) is 0 Å². The third kappa shape index (κ3) is 2.56. The number of hydrogen-bond donors (Lipinski definition) is 1. The number of aliphatic carboxylic acids is 1. The van der Waals surface area contributed by atoms with Gasteiger partial charge in [0.25, 0.3) is 0 Å². The molecular weight excluding hydrogens is 298 g/mol. The molecule has 0 bridgehead atoms. The Balaban J connectivity index is 3.35. The molecule has 0 spiro atoms. The lowest BCUT2D eigenvalue weighted by atomic mass is 9.90. The van der Waals surface area contributed by atoms with Crippen LogP contribution in [-0.2, 0) is 15.1 Å². The van der Waals surface area contributed by atoms with Gasteiger partial charge in [0.2, 0.25) is 6.41 Å². The van der Waals surface area contributed by atoms with E-state index in [2.05, 4.69) is 15.9 Å². The van der Waals surface area contributed by atoms with E-state index < -0.39 is 11.5 Å². The predicted octanol–water partition coefficient (Wildman–Crippen LogP) is 2.62. The van der Waals surface area contributed by atoms with Crippen molar-refractivity contribution in [3.05, 3.63) is 34.3 Å². The topological polar surface area (TPSA) is 57.6 Å². The third-order valence-corrected chi connectivity index (χ3v) is 3.67. The normalized spacial score (nSPS) is 13.7. The Morgan fingerprint density at radius 2 is 2.11 bits per heavy atom. The van der Waals surface area contributed by atoms with Crippen LogP contribution in [-0.4, -0.2) is 28.9 Å². The molecule has 0 aliphatic rings. The highest BCUT2D eigenvalue weighted by atomic mass is 79.9. The van der Waals surface area contributed by atoms with Gasteiger partial charge in [-0.2, -0.15) is 0 Å². The van der Waals surface area contributed by atoms with E-state index in [4.69, 9.17) is 0 Å². The molecule has 1 aromatic rings. The molecule has 18 heavy (non-hydrogen) atoms. The minimum absolute atomic E-state index is 0.396. The molecule has 1 N–H and O–H groups in total. The molecule has 4 nitrogen and oxygen atoms in total. The van der Waals surface area contributed by atoms with E-state index in [9.17, 15) is 14.7 Å². The molecule has 1 amide bonds. The van der Waals surface area contributed by atoms with Crippen molar-refractivity contribution in [2.24, 2.45) is 0 Å². The monoisotopic (exact) mass is 313 g/mol. The zero-order valence-electron chi connectivity index (χ0n) is 10.4. The second-order valence-electron chi connectivity index (χ2n) is 4.16. The van der Waals surface area contributed by atoms with Gasteiger partial charge in [0, 0.05) is 16.6 Å². The molecule has 0 heterocycles. The lowest BCUT2D eigenvalue weighted by molar-refractivity contribution is -0.155. The first kappa shape index (κ1) is 14.7. The summed E-state index contributed by atoms with van der Waals surface area (Å²) in [6, 6.07) is 7.05. The second kappa shape index (κ2) is 6.00. The van der Waals surface area contributed by atoms with Crippen LogP contribution < -0.4 is 0 Å². The third-order valence-electron chi connectivity index (χ3n) is 2.98. The SMILES string of the molecule is CCCN(C=O)C(C)(C(=O)O)c1ccccc1Br. The van der Waals surface area contributed by atoms with E-state index >= 15 is 0 Å². The van der Waals surface area contributed by atoms with Gasteiger partial charge in [-0.15, -0.1) is 0 Å². The molecule has 0 aliphatic carbocycles. The van der Waals surface area contributed by atoms with Crippen molar-refractivity contribution in [2.75, 3.05) is 6.54 Å². The summed E-state index contributed by atoms with van der Waals surface area (Å²) in [7, 11) is 0. The summed E-state index contributed by atoms with van der Waals surface area (Å²) in [6.45, 7) is 3.84. The molecule has 0 saturated carbocycles. The lowest BCUT2D eigenvalue weighted by Crippen LogP contribution is -2.49. The Labute approximate surface area is 115 Å². The Kier molecular flexibility index (Phi) is 4.90. The molecule has 1 aromatic carbocycles. The predicted molar refractivity (Wildman–Crippen MR) is 72.2 cm³/mol. The van der Waals surface area contributed by atoms with E-state index in [1.165, 1.54) is 4.90 Å². The standard InChI is InChI=1S/C13H16BrNO3/c1-3-8-15(9-16)13(2,12(17)18)10-6-4-5-7-11(10)14/h4-7,9H,3,8H2,1-2H3,(H,17,18). The van der Waals surface area contributed by atoms with Gasteiger partial charge < -0.3 is 10.0 Å². The van der Waals surface area contributed by atoms with E-state index in [-0.39, 0.29) is 0 Å². The van der Waals surface area contributed by atoms with Crippen LogP contribution in [0.5, 0.6) is 0 Å². The molecular formula is C13H16BrNO3. The highest BCUT2D eigenvalue weighted by Gasteiger charge is 2.41. The average Bonchev–Trinajstić information content (AvgIpc) is 2.35. The van der Waals surface area contributed by atoms with Gasteiger partial charge >= 0.3 is 5.97 Å². The number of rotatable bonds is 6. The van der Waals surface area contributed by atoms with Crippen LogP contribution in [0.25, 0.3) is 0 Å². The van der Waals surface area contributed by atoms with Crippen LogP contribution in [0.1, 0.15) is 25.8 Å². The van der Waals surface area contributed by atoms with Gasteiger partial charge in [-0.1, -0.05) is 41.1 Å². The molecule has 98 valence electrons. The van der Waals surface area contributed by atoms with Gasteiger partial charge in [-0.05, 0) is 19.4 Å². The molecule has 1 unspecified atom stereocenters. The van der Waals surface area contributed by atoms with E-state index in [1.54, 1.807) is 31.2 Å². The number of carbonyl (C=O) groups is 2. The minimum Gasteiger partial charge on any atom is -0.479 e. The molecule has 5 heteroatoms. The molecule has 0 aromatic heterocycles. The first-order valence-corrected chi connectivity index (χ1v) is 6.48. The highest BCUT2D eigenvalue weighted by molar-refractivity contribution is 9.10. The van der Waals surface area contributed by atoms with Gasteiger partial charge in [0.15, 0.2) is 5.54 Å². The van der Waals surface area contributed by atoms with Gasteiger partial charge in [0.05, 0.1) is 0 Å². The van der Waals surface area contributed by atoms with Crippen molar-refractivity contribution in [1.29, 1.82) is 0 Å². The van der Waals surface area contributed by atoms with Crippen molar-refractivity contribution in [1.82, 2.24) is 4.90 Å². The Hall–Kier alpha value is -1.36. The molecule has 0 radical (unpaired) electrons.